The van der Waals surface area contributed by atoms with Crippen LogP contribution in [0.15, 0.2) is 41.3 Å². The van der Waals surface area contributed by atoms with Crippen molar-refractivity contribution in [3.63, 3.8) is 0 Å². The van der Waals surface area contributed by atoms with Crippen molar-refractivity contribution in [3.05, 3.63) is 48.0 Å². The van der Waals surface area contributed by atoms with E-state index in [1.807, 2.05) is 12.1 Å². The van der Waals surface area contributed by atoms with Crippen LogP contribution in [0.1, 0.15) is 13.3 Å². The Balaban J connectivity index is 1.67. The third-order valence-electron chi connectivity index (χ3n) is 3.59. The van der Waals surface area contributed by atoms with Crippen LogP contribution in [0.4, 0.5) is 14.5 Å². The molecule has 2 aromatic carbocycles. The average Bonchev–Trinajstić information content (AvgIpc) is 2.83. The Bertz CT molecular complexity index is 785. The maximum Gasteiger partial charge on any atom is 0.237 e. The number of rotatable bonds is 4. The number of halogens is 2. The van der Waals surface area contributed by atoms with Crippen LogP contribution in [0.25, 0.3) is 0 Å². The maximum atomic E-state index is 13.6. The van der Waals surface area contributed by atoms with Crippen molar-refractivity contribution in [1.82, 2.24) is 0 Å². The number of hydrogen-bond donors (Lipinski definition) is 1. The summed E-state index contributed by atoms with van der Waals surface area (Å²) in [6.45, 7) is 2.88. The fraction of sp³-hybridized carbons (Fsp3) is 0.278. The molecule has 2 aromatic rings. The van der Waals surface area contributed by atoms with E-state index in [0.29, 0.717) is 24.7 Å². The summed E-state index contributed by atoms with van der Waals surface area (Å²) in [4.78, 5) is 13.1. The molecule has 1 atom stereocenters. The van der Waals surface area contributed by atoms with Gasteiger partial charge in [0.15, 0.2) is 11.5 Å². The molecule has 1 amide bonds. The van der Waals surface area contributed by atoms with Crippen LogP contribution >= 0.6 is 11.8 Å². The van der Waals surface area contributed by atoms with Gasteiger partial charge in [0.25, 0.3) is 0 Å². The van der Waals surface area contributed by atoms with E-state index in [0.717, 1.165) is 29.5 Å². The number of carbonyl (C=O) groups excluding carboxylic acids is 1. The molecule has 0 fully saturated rings. The van der Waals surface area contributed by atoms with E-state index in [-0.39, 0.29) is 5.69 Å². The Labute approximate surface area is 148 Å². The van der Waals surface area contributed by atoms with Gasteiger partial charge in [0.2, 0.25) is 5.91 Å². The van der Waals surface area contributed by atoms with E-state index in [2.05, 4.69) is 5.32 Å². The first-order chi connectivity index (χ1) is 12.0. The number of hydrogen-bond acceptors (Lipinski definition) is 4. The zero-order valence-corrected chi connectivity index (χ0v) is 14.4. The summed E-state index contributed by atoms with van der Waals surface area (Å²) in [5.74, 6) is -0.379. The Morgan fingerprint density at radius 1 is 1.12 bits per heavy atom. The Morgan fingerprint density at radius 2 is 1.88 bits per heavy atom. The lowest BCUT2D eigenvalue weighted by Gasteiger charge is -2.14. The second-order valence-corrected chi connectivity index (χ2v) is 6.95. The van der Waals surface area contributed by atoms with Gasteiger partial charge in [0.05, 0.1) is 24.2 Å². The predicted octanol–water partition coefficient (Wildman–Crippen LogP) is 4.25. The molecule has 0 unspecified atom stereocenters. The second-order valence-electron chi connectivity index (χ2n) is 5.53. The molecule has 4 nitrogen and oxygen atoms in total. The highest BCUT2D eigenvalue weighted by molar-refractivity contribution is 8.00. The van der Waals surface area contributed by atoms with Gasteiger partial charge in [-0.1, -0.05) is 0 Å². The van der Waals surface area contributed by atoms with E-state index in [9.17, 15) is 13.6 Å². The van der Waals surface area contributed by atoms with E-state index in [4.69, 9.17) is 9.47 Å². The lowest BCUT2D eigenvalue weighted by atomic mass is 10.3. The summed E-state index contributed by atoms with van der Waals surface area (Å²) in [6.07, 6.45) is 0.815. The van der Waals surface area contributed by atoms with Crippen molar-refractivity contribution in [2.45, 2.75) is 23.5 Å². The molecule has 1 aliphatic rings. The Kier molecular flexibility index (Phi) is 5.43. The summed E-state index contributed by atoms with van der Waals surface area (Å²) in [6, 6.07) is 8.40. The molecule has 0 saturated carbocycles. The highest BCUT2D eigenvalue weighted by atomic mass is 32.2. The summed E-state index contributed by atoms with van der Waals surface area (Å²) in [5.41, 5.74) is -0.170. The van der Waals surface area contributed by atoms with Gasteiger partial charge in [-0.25, -0.2) is 8.78 Å². The molecule has 132 valence electrons. The molecular formula is C18H17F2NO3S. The van der Waals surface area contributed by atoms with Gasteiger partial charge in [-0.2, -0.15) is 0 Å². The van der Waals surface area contributed by atoms with Crippen LogP contribution in [-0.4, -0.2) is 24.4 Å². The number of amides is 1. The lowest BCUT2D eigenvalue weighted by Crippen LogP contribution is -2.23. The maximum absolute atomic E-state index is 13.6. The standard InChI is InChI=1S/C18H17F2NO3S/c1-11(18(22)21-15-9-12(19)3-5-14(15)20)25-13-4-6-16-17(10-13)24-8-2-7-23-16/h3-6,9-11H,2,7-8H2,1H3,(H,21,22)/t11-/m0/s1. The number of anilines is 1. The van der Waals surface area contributed by atoms with Gasteiger partial charge in [-0.05, 0) is 37.3 Å². The molecule has 1 aliphatic heterocycles. The minimum atomic E-state index is -0.678. The van der Waals surface area contributed by atoms with Crippen LogP contribution in [0, 0.1) is 11.6 Å². The van der Waals surface area contributed by atoms with Gasteiger partial charge in [0, 0.05) is 17.4 Å². The SMILES string of the molecule is C[C@H](Sc1ccc2c(c1)OCCCO2)C(=O)Nc1cc(F)ccc1F. The largest absolute Gasteiger partial charge is 0.490 e. The number of thioether (sulfide) groups is 1. The molecule has 3 rings (SSSR count). The average molecular weight is 365 g/mol. The highest BCUT2D eigenvalue weighted by Crippen LogP contribution is 2.35. The summed E-state index contributed by atoms with van der Waals surface area (Å²) >= 11 is 1.30. The van der Waals surface area contributed by atoms with Crippen molar-refractivity contribution in [2.24, 2.45) is 0 Å². The smallest absolute Gasteiger partial charge is 0.237 e. The van der Waals surface area contributed by atoms with Crippen LogP contribution in [0.3, 0.4) is 0 Å². The summed E-state index contributed by atoms with van der Waals surface area (Å²) < 4.78 is 38.0. The van der Waals surface area contributed by atoms with E-state index in [1.165, 1.54) is 11.8 Å². The van der Waals surface area contributed by atoms with Crippen molar-refractivity contribution < 1.29 is 23.0 Å². The number of carbonyl (C=O) groups is 1. The van der Waals surface area contributed by atoms with Gasteiger partial charge in [-0.3, -0.25) is 4.79 Å². The normalized spacial score (nSPS) is 14.5. The lowest BCUT2D eigenvalue weighted by molar-refractivity contribution is -0.115. The molecule has 0 bridgehead atoms. The quantitative estimate of drug-likeness (QED) is 0.823. The van der Waals surface area contributed by atoms with Crippen LogP contribution in [0.5, 0.6) is 11.5 Å². The van der Waals surface area contributed by atoms with Crippen LogP contribution in [-0.2, 0) is 4.79 Å². The zero-order chi connectivity index (χ0) is 17.8. The fourth-order valence-corrected chi connectivity index (χ4v) is 3.20. The number of fused-ring (bicyclic) bond motifs is 1. The third kappa shape index (κ3) is 4.42. The Morgan fingerprint density at radius 3 is 2.68 bits per heavy atom. The zero-order valence-electron chi connectivity index (χ0n) is 13.6. The first-order valence-electron chi connectivity index (χ1n) is 7.85. The number of ether oxygens (including phenoxy) is 2. The van der Waals surface area contributed by atoms with Crippen LogP contribution in [0.2, 0.25) is 0 Å². The third-order valence-corrected chi connectivity index (χ3v) is 4.68. The van der Waals surface area contributed by atoms with Gasteiger partial charge >= 0.3 is 0 Å². The molecule has 1 N–H and O–H groups in total. The van der Waals surface area contributed by atoms with Gasteiger partial charge in [0.1, 0.15) is 11.6 Å². The molecule has 7 heteroatoms. The number of benzene rings is 2. The predicted molar refractivity (Wildman–Crippen MR) is 92.4 cm³/mol. The minimum absolute atomic E-state index is 0.170. The Hall–Kier alpha value is -2.28. The molecule has 0 spiro atoms. The highest BCUT2D eigenvalue weighted by Gasteiger charge is 2.18. The summed E-state index contributed by atoms with van der Waals surface area (Å²) in [5, 5.41) is 1.91. The molecular weight excluding hydrogens is 348 g/mol. The fourth-order valence-electron chi connectivity index (χ4n) is 2.30. The van der Waals surface area contributed by atoms with Crippen LogP contribution < -0.4 is 14.8 Å². The first-order valence-corrected chi connectivity index (χ1v) is 8.73. The van der Waals surface area contributed by atoms with Gasteiger partial charge in [-0.15, -0.1) is 11.8 Å². The van der Waals surface area contributed by atoms with E-state index in [1.54, 1.807) is 13.0 Å². The van der Waals surface area contributed by atoms with Gasteiger partial charge < -0.3 is 14.8 Å². The minimum Gasteiger partial charge on any atom is -0.490 e. The monoisotopic (exact) mass is 365 g/mol. The molecule has 0 aromatic heterocycles. The molecule has 25 heavy (non-hydrogen) atoms. The number of nitrogens with one attached hydrogen (secondary N) is 1. The molecule has 1 heterocycles. The first kappa shape index (κ1) is 17.5. The topological polar surface area (TPSA) is 47.6 Å². The van der Waals surface area contributed by atoms with Crippen molar-refractivity contribution in [3.8, 4) is 11.5 Å². The van der Waals surface area contributed by atoms with Crippen molar-refractivity contribution in [2.75, 3.05) is 18.5 Å². The van der Waals surface area contributed by atoms with E-state index >= 15 is 0 Å². The molecule has 0 saturated heterocycles. The summed E-state index contributed by atoms with van der Waals surface area (Å²) in [7, 11) is 0. The van der Waals surface area contributed by atoms with Crippen molar-refractivity contribution >= 4 is 23.4 Å². The molecule has 0 aliphatic carbocycles. The second kappa shape index (κ2) is 7.74. The van der Waals surface area contributed by atoms with Crippen molar-refractivity contribution in [1.29, 1.82) is 0 Å². The van der Waals surface area contributed by atoms with E-state index < -0.39 is 22.8 Å². The molecule has 0 radical (unpaired) electrons.